The predicted molar refractivity (Wildman–Crippen MR) is 24.5 cm³/mol. The molecule has 5 nitrogen and oxygen atoms in total. The number of carbonyl (C=O) groups excluding carboxylic acids is 2. The number of nitrogens with zero attached hydrogens (tertiary/aromatic N) is 1. The van der Waals surface area contributed by atoms with Crippen LogP contribution < -0.4 is 5.73 Å². The number of urea groups is 1. The highest BCUT2D eigenvalue weighted by Crippen LogP contribution is 1.77. The fraction of sp³-hybridized carbons (Fsp3) is 0.333. The van der Waals surface area contributed by atoms with Gasteiger partial charge < -0.3 is 5.73 Å². The van der Waals surface area contributed by atoms with Gasteiger partial charge in [0.1, 0.15) is 0 Å². The van der Waals surface area contributed by atoms with Crippen molar-refractivity contribution in [3.63, 3.8) is 0 Å². The Kier molecular flexibility index (Phi) is 2.57. The standard InChI is InChI=1S/C3H6N2O3/c1-8-5(2-6)3(4)7/h2H,1H3,(H2,4,7). The highest BCUT2D eigenvalue weighted by atomic mass is 16.7. The van der Waals surface area contributed by atoms with Gasteiger partial charge in [0.15, 0.2) is 0 Å². The molecular weight excluding hydrogens is 112 g/mol. The van der Waals surface area contributed by atoms with Crippen molar-refractivity contribution in [1.82, 2.24) is 5.06 Å². The van der Waals surface area contributed by atoms with Crippen molar-refractivity contribution in [3.8, 4) is 0 Å². The molecular formula is C3H6N2O3. The Morgan fingerprint density at radius 2 is 2.38 bits per heavy atom. The lowest BCUT2D eigenvalue weighted by atomic mass is 11.0. The molecule has 0 radical (unpaired) electrons. The van der Waals surface area contributed by atoms with Crippen molar-refractivity contribution in [2.24, 2.45) is 5.73 Å². The number of rotatable bonds is 2. The van der Waals surface area contributed by atoms with Crippen LogP contribution in [-0.2, 0) is 9.63 Å². The third kappa shape index (κ3) is 1.57. The zero-order valence-electron chi connectivity index (χ0n) is 4.33. The molecule has 0 saturated heterocycles. The van der Waals surface area contributed by atoms with E-state index in [4.69, 9.17) is 0 Å². The van der Waals surface area contributed by atoms with Crippen LogP contribution in [0.3, 0.4) is 0 Å². The number of hydrogen-bond donors (Lipinski definition) is 1. The molecule has 0 aromatic heterocycles. The van der Waals surface area contributed by atoms with E-state index in [0.29, 0.717) is 5.06 Å². The lowest BCUT2D eigenvalue weighted by Crippen LogP contribution is -2.33. The molecule has 8 heavy (non-hydrogen) atoms. The van der Waals surface area contributed by atoms with Gasteiger partial charge in [-0.25, -0.2) is 4.79 Å². The van der Waals surface area contributed by atoms with E-state index in [1.807, 2.05) is 0 Å². The maximum absolute atomic E-state index is 9.95. The molecule has 0 heterocycles. The summed E-state index contributed by atoms with van der Waals surface area (Å²) in [5, 5.41) is 0.375. The third-order valence-electron chi connectivity index (χ3n) is 0.510. The van der Waals surface area contributed by atoms with Crippen molar-refractivity contribution in [2.45, 2.75) is 0 Å². The second kappa shape index (κ2) is 2.98. The quantitative estimate of drug-likeness (QED) is 0.376. The average Bonchev–Trinajstić information content (AvgIpc) is 1.69. The summed E-state index contributed by atoms with van der Waals surface area (Å²) in [7, 11) is 1.17. The lowest BCUT2D eigenvalue weighted by Gasteiger charge is -2.05. The van der Waals surface area contributed by atoms with Crippen LogP contribution in [0.4, 0.5) is 4.79 Å². The summed E-state index contributed by atoms with van der Waals surface area (Å²) in [5.41, 5.74) is 4.59. The van der Waals surface area contributed by atoms with Gasteiger partial charge in [-0.3, -0.25) is 9.63 Å². The molecule has 0 atom stereocenters. The van der Waals surface area contributed by atoms with E-state index in [2.05, 4.69) is 10.6 Å². The molecule has 0 unspecified atom stereocenters. The average molecular weight is 118 g/mol. The fourth-order valence-corrected chi connectivity index (χ4v) is 0.185. The van der Waals surface area contributed by atoms with Crippen LogP contribution in [0.1, 0.15) is 0 Å². The molecule has 5 heteroatoms. The largest absolute Gasteiger partial charge is 0.349 e. The topological polar surface area (TPSA) is 72.6 Å². The second-order valence-electron chi connectivity index (χ2n) is 0.952. The van der Waals surface area contributed by atoms with E-state index in [9.17, 15) is 9.59 Å². The van der Waals surface area contributed by atoms with E-state index in [0.717, 1.165) is 0 Å². The van der Waals surface area contributed by atoms with Crippen LogP contribution in [0.2, 0.25) is 0 Å². The summed E-state index contributed by atoms with van der Waals surface area (Å²) in [6, 6.07) is -0.928. The van der Waals surface area contributed by atoms with Crippen molar-refractivity contribution >= 4 is 12.4 Å². The Bertz CT molecular complexity index is 103. The van der Waals surface area contributed by atoms with Crippen LogP contribution in [0, 0.1) is 0 Å². The fourth-order valence-electron chi connectivity index (χ4n) is 0.185. The predicted octanol–water partition coefficient (Wildman–Crippen LogP) is -0.915. The van der Waals surface area contributed by atoms with Crippen LogP contribution in [-0.4, -0.2) is 24.6 Å². The van der Waals surface area contributed by atoms with E-state index < -0.39 is 6.03 Å². The molecule has 0 aliphatic carbocycles. The van der Waals surface area contributed by atoms with Gasteiger partial charge in [0.2, 0.25) is 6.41 Å². The van der Waals surface area contributed by atoms with Crippen molar-refractivity contribution in [2.75, 3.05) is 7.11 Å². The smallest absolute Gasteiger partial charge is 0.345 e. The highest BCUT2D eigenvalue weighted by Gasteiger charge is 2.03. The van der Waals surface area contributed by atoms with Gasteiger partial charge >= 0.3 is 6.03 Å². The lowest BCUT2D eigenvalue weighted by molar-refractivity contribution is -0.144. The van der Waals surface area contributed by atoms with Crippen LogP contribution in [0.15, 0.2) is 0 Å². The summed E-state index contributed by atoms with van der Waals surface area (Å²) in [5.74, 6) is 0. The number of amides is 3. The number of hydroxylamine groups is 2. The normalized spacial score (nSPS) is 8.12. The third-order valence-corrected chi connectivity index (χ3v) is 0.510. The maximum Gasteiger partial charge on any atom is 0.345 e. The Balaban J connectivity index is 3.69. The molecule has 0 aromatic carbocycles. The first kappa shape index (κ1) is 6.90. The zero-order valence-corrected chi connectivity index (χ0v) is 4.33. The summed E-state index contributed by atoms with van der Waals surface area (Å²) in [6.07, 6.45) is 0.183. The van der Waals surface area contributed by atoms with E-state index in [-0.39, 0.29) is 6.41 Å². The Labute approximate surface area is 46.0 Å². The van der Waals surface area contributed by atoms with E-state index in [1.165, 1.54) is 7.11 Å². The molecule has 0 aliphatic heterocycles. The Hall–Kier alpha value is -1.10. The van der Waals surface area contributed by atoms with E-state index in [1.54, 1.807) is 0 Å². The second-order valence-corrected chi connectivity index (χ2v) is 0.952. The molecule has 0 spiro atoms. The van der Waals surface area contributed by atoms with Crippen molar-refractivity contribution < 1.29 is 14.4 Å². The number of primary amides is 1. The monoisotopic (exact) mass is 118 g/mol. The van der Waals surface area contributed by atoms with Gasteiger partial charge in [0, 0.05) is 0 Å². The molecule has 46 valence electrons. The van der Waals surface area contributed by atoms with E-state index >= 15 is 0 Å². The van der Waals surface area contributed by atoms with Gasteiger partial charge in [-0.1, -0.05) is 0 Å². The summed E-state index contributed by atoms with van der Waals surface area (Å²) < 4.78 is 0. The molecule has 0 aromatic rings. The molecule has 0 bridgehead atoms. The number of imide groups is 1. The minimum absolute atomic E-state index is 0.183. The summed E-state index contributed by atoms with van der Waals surface area (Å²) in [6.45, 7) is 0. The van der Waals surface area contributed by atoms with Crippen LogP contribution >= 0.6 is 0 Å². The minimum atomic E-state index is -0.928. The van der Waals surface area contributed by atoms with Gasteiger partial charge in [0.25, 0.3) is 0 Å². The van der Waals surface area contributed by atoms with Gasteiger partial charge in [0.05, 0.1) is 7.11 Å². The number of nitrogens with two attached hydrogens (primary N) is 1. The zero-order chi connectivity index (χ0) is 6.57. The van der Waals surface area contributed by atoms with Gasteiger partial charge in [-0.2, -0.15) is 0 Å². The van der Waals surface area contributed by atoms with Crippen LogP contribution in [0.5, 0.6) is 0 Å². The summed E-state index contributed by atoms with van der Waals surface area (Å²) >= 11 is 0. The van der Waals surface area contributed by atoms with Gasteiger partial charge in [-0.05, 0) is 0 Å². The molecule has 2 N–H and O–H groups in total. The first-order chi connectivity index (χ1) is 3.72. The number of hydrogen-bond acceptors (Lipinski definition) is 3. The molecule has 0 rings (SSSR count). The Morgan fingerprint density at radius 3 is 2.38 bits per heavy atom. The Morgan fingerprint density at radius 1 is 1.88 bits per heavy atom. The molecule has 3 amide bonds. The SMILES string of the molecule is CON(C=O)C(N)=O. The molecule has 0 saturated carbocycles. The first-order valence-corrected chi connectivity index (χ1v) is 1.80. The van der Waals surface area contributed by atoms with Gasteiger partial charge in [-0.15, -0.1) is 5.06 Å². The number of carbonyl (C=O) groups is 2. The minimum Gasteiger partial charge on any atom is -0.349 e. The molecule has 0 fully saturated rings. The van der Waals surface area contributed by atoms with Crippen molar-refractivity contribution in [3.05, 3.63) is 0 Å². The summed E-state index contributed by atoms with van der Waals surface area (Å²) in [4.78, 5) is 23.8. The highest BCUT2D eigenvalue weighted by molar-refractivity contribution is 5.81. The van der Waals surface area contributed by atoms with Crippen molar-refractivity contribution in [1.29, 1.82) is 0 Å². The molecule has 0 aliphatic rings. The first-order valence-electron chi connectivity index (χ1n) is 1.80. The maximum atomic E-state index is 9.95. The van der Waals surface area contributed by atoms with Crippen LogP contribution in [0.25, 0.3) is 0 Å².